The molecule has 1 aromatic heterocycles. The Kier molecular flexibility index (Phi) is 4.51. The van der Waals surface area contributed by atoms with Crippen molar-refractivity contribution < 1.29 is 14.7 Å². The van der Waals surface area contributed by atoms with Gasteiger partial charge >= 0.3 is 5.97 Å². The number of halogens is 1. The van der Waals surface area contributed by atoms with E-state index in [0.29, 0.717) is 15.7 Å². The van der Waals surface area contributed by atoms with Crippen molar-refractivity contribution in [1.82, 2.24) is 14.9 Å². The number of benzene rings is 1. The predicted molar refractivity (Wildman–Crippen MR) is 77.2 cm³/mol. The summed E-state index contributed by atoms with van der Waals surface area (Å²) < 4.78 is 1.68. The first-order chi connectivity index (χ1) is 9.51. The molecule has 2 rings (SSSR count). The summed E-state index contributed by atoms with van der Waals surface area (Å²) in [6, 6.07) is 5.15. The lowest BCUT2D eigenvalue weighted by Crippen LogP contribution is -2.23. The van der Waals surface area contributed by atoms with Crippen LogP contribution in [-0.2, 0) is 16.1 Å². The zero-order chi connectivity index (χ0) is 14.7. The van der Waals surface area contributed by atoms with Gasteiger partial charge in [0.15, 0.2) is 5.16 Å². The van der Waals surface area contributed by atoms with E-state index in [4.69, 9.17) is 16.7 Å². The van der Waals surface area contributed by atoms with Gasteiger partial charge in [-0.05, 0) is 18.2 Å². The van der Waals surface area contributed by atoms with E-state index >= 15 is 0 Å². The molecule has 0 aliphatic rings. The van der Waals surface area contributed by atoms with Crippen LogP contribution in [0.1, 0.15) is 0 Å². The van der Waals surface area contributed by atoms with Crippen LogP contribution in [0.25, 0.3) is 11.0 Å². The second-order valence-corrected chi connectivity index (χ2v) is 5.35. The van der Waals surface area contributed by atoms with Gasteiger partial charge in [-0.15, -0.1) is 0 Å². The van der Waals surface area contributed by atoms with Crippen LogP contribution in [-0.4, -0.2) is 39.3 Å². The monoisotopic (exact) mass is 313 g/mol. The summed E-state index contributed by atoms with van der Waals surface area (Å²) in [6.07, 6.45) is 0. The van der Waals surface area contributed by atoms with E-state index in [9.17, 15) is 9.59 Å². The fourth-order valence-corrected chi connectivity index (χ4v) is 2.59. The maximum atomic E-state index is 11.6. The van der Waals surface area contributed by atoms with Gasteiger partial charge in [0.25, 0.3) is 0 Å². The quantitative estimate of drug-likeness (QED) is 0.819. The fourth-order valence-electron chi connectivity index (χ4n) is 1.69. The van der Waals surface area contributed by atoms with Gasteiger partial charge in [-0.3, -0.25) is 9.59 Å². The third-order valence-corrected chi connectivity index (χ3v) is 3.78. The van der Waals surface area contributed by atoms with Crippen molar-refractivity contribution in [1.29, 1.82) is 0 Å². The van der Waals surface area contributed by atoms with Gasteiger partial charge in [0, 0.05) is 12.1 Å². The average molecular weight is 314 g/mol. The summed E-state index contributed by atoms with van der Waals surface area (Å²) in [6.45, 7) is 0.0799. The first-order valence-corrected chi connectivity index (χ1v) is 7.08. The number of rotatable bonds is 5. The van der Waals surface area contributed by atoms with E-state index in [1.54, 1.807) is 29.8 Å². The maximum absolute atomic E-state index is 11.6. The molecule has 2 N–H and O–H groups in total. The molecule has 1 heterocycles. The molecule has 6 nitrogen and oxygen atoms in total. The summed E-state index contributed by atoms with van der Waals surface area (Å²) in [7, 11) is 1.54. The number of hydrogen-bond acceptors (Lipinski definition) is 4. The largest absolute Gasteiger partial charge is 0.481 e. The van der Waals surface area contributed by atoms with Crippen LogP contribution in [0.5, 0.6) is 0 Å². The van der Waals surface area contributed by atoms with Crippen LogP contribution < -0.4 is 5.32 Å². The Labute approximate surface area is 124 Å². The fraction of sp³-hybridized carbons (Fsp3) is 0.250. The second-order valence-electron chi connectivity index (χ2n) is 3.97. The highest BCUT2D eigenvalue weighted by atomic mass is 35.5. The van der Waals surface area contributed by atoms with Gasteiger partial charge in [-0.1, -0.05) is 23.4 Å². The number of aliphatic carboxylic acids is 1. The van der Waals surface area contributed by atoms with Crippen molar-refractivity contribution in [3.8, 4) is 0 Å². The third-order valence-electron chi connectivity index (χ3n) is 2.58. The molecule has 0 aliphatic heterocycles. The Bertz CT molecular complexity index is 671. The van der Waals surface area contributed by atoms with Crippen LogP contribution in [0, 0.1) is 0 Å². The first kappa shape index (κ1) is 14.7. The molecule has 0 atom stereocenters. The minimum atomic E-state index is -0.938. The topological polar surface area (TPSA) is 84.2 Å². The third kappa shape index (κ3) is 3.23. The number of amides is 1. The minimum absolute atomic E-state index is 0.0799. The molecule has 20 heavy (non-hydrogen) atoms. The lowest BCUT2D eigenvalue weighted by atomic mass is 10.3. The van der Waals surface area contributed by atoms with Crippen LogP contribution in [0.2, 0.25) is 5.02 Å². The molecule has 0 spiro atoms. The van der Waals surface area contributed by atoms with E-state index in [2.05, 4.69) is 10.3 Å². The number of carboxylic acid groups (broad SMARTS) is 1. The van der Waals surface area contributed by atoms with Crippen molar-refractivity contribution in [3.05, 3.63) is 23.2 Å². The van der Waals surface area contributed by atoms with Gasteiger partial charge in [-0.25, -0.2) is 4.98 Å². The molecule has 0 radical (unpaired) electrons. The van der Waals surface area contributed by atoms with Crippen molar-refractivity contribution in [2.75, 3.05) is 12.8 Å². The molecule has 0 aliphatic carbocycles. The van der Waals surface area contributed by atoms with Crippen LogP contribution in [0.15, 0.2) is 23.4 Å². The van der Waals surface area contributed by atoms with E-state index in [1.165, 1.54) is 0 Å². The van der Waals surface area contributed by atoms with Gasteiger partial charge in [0.2, 0.25) is 5.91 Å². The van der Waals surface area contributed by atoms with E-state index in [-0.39, 0.29) is 18.2 Å². The minimum Gasteiger partial charge on any atom is -0.481 e. The first-order valence-electron chi connectivity index (χ1n) is 5.72. The Morgan fingerprint density at radius 2 is 2.25 bits per heavy atom. The molecule has 0 bridgehead atoms. The van der Waals surface area contributed by atoms with Gasteiger partial charge in [-0.2, -0.15) is 0 Å². The van der Waals surface area contributed by atoms with Crippen LogP contribution in [0.4, 0.5) is 0 Å². The van der Waals surface area contributed by atoms with Crippen molar-refractivity contribution >= 4 is 46.3 Å². The molecule has 0 saturated carbocycles. The molecule has 8 heteroatoms. The smallest absolute Gasteiger partial charge is 0.313 e. The Hall–Kier alpha value is -1.73. The summed E-state index contributed by atoms with van der Waals surface area (Å²) >= 11 is 6.98. The summed E-state index contributed by atoms with van der Waals surface area (Å²) in [5, 5.41) is 12.3. The Balaban J connectivity index is 2.44. The molecule has 0 saturated heterocycles. The van der Waals surface area contributed by atoms with Gasteiger partial charge < -0.3 is 15.0 Å². The van der Waals surface area contributed by atoms with Crippen molar-refractivity contribution in [2.45, 2.75) is 11.7 Å². The number of imidazole rings is 1. The number of aromatic nitrogens is 2. The number of thioether (sulfide) groups is 1. The number of carbonyl (C=O) groups excluding carboxylic acids is 1. The number of likely N-dealkylation sites (N-methyl/N-ethyl adjacent to an activating group) is 1. The van der Waals surface area contributed by atoms with E-state index in [1.807, 2.05) is 0 Å². The van der Waals surface area contributed by atoms with Crippen LogP contribution >= 0.6 is 23.4 Å². The molecule has 2 aromatic rings. The highest BCUT2D eigenvalue weighted by Gasteiger charge is 2.15. The highest BCUT2D eigenvalue weighted by molar-refractivity contribution is 7.99. The van der Waals surface area contributed by atoms with Crippen LogP contribution in [0.3, 0.4) is 0 Å². The normalized spacial score (nSPS) is 10.7. The van der Waals surface area contributed by atoms with Gasteiger partial charge in [0.1, 0.15) is 6.54 Å². The number of nitrogens with one attached hydrogen (secondary N) is 1. The molecule has 106 valence electrons. The van der Waals surface area contributed by atoms with E-state index < -0.39 is 5.97 Å². The number of hydrogen-bond donors (Lipinski definition) is 2. The molecule has 1 aromatic carbocycles. The summed E-state index contributed by atoms with van der Waals surface area (Å²) in [5.41, 5.74) is 1.38. The second kappa shape index (κ2) is 6.15. The highest BCUT2D eigenvalue weighted by Crippen LogP contribution is 2.26. The maximum Gasteiger partial charge on any atom is 0.313 e. The molecular formula is C12H12ClN3O3S. The molecule has 0 fully saturated rings. The molecule has 1 amide bonds. The standard InChI is InChI=1S/C12H12ClN3O3S/c1-14-10(17)5-16-9-3-2-7(13)4-8(9)15-12(16)20-6-11(18)19/h2-4H,5-6H2,1H3,(H,14,17)(H,18,19). The van der Waals surface area contributed by atoms with Crippen molar-refractivity contribution in [2.24, 2.45) is 0 Å². The molecule has 0 unspecified atom stereocenters. The van der Waals surface area contributed by atoms with Gasteiger partial charge in [0.05, 0.1) is 16.8 Å². The summed E-state index contributed by atoms with van der Waals surface area (Å²) in [4.78, 5) is 26.6. The average Bonchev–Trinajstić information content (AvgIpc) is 2.73. The lowest BCUT2D eigenvalue weighted by Gasteiger charge is -2.07. The predicted octanol–water partition coefficient (Wildman–Crippen LogP) is 1.61. The number of nitrogens with zero attached hydrogens (tertiary/aromatic N) is 2. The molecular weight excluding hydrogens is 302 g/mol. The van der Waals surface area contributed by atoms with Crippen molar-refractivity contribution in [3.63, 3.8) is 0 Å². The zero-order valence-electron chi connectivity index (χ0n) is 10.6. The lowest BCUT2D eigenvalue weighted by molar-refractivity contribution is -0.133. The SMILES string of the molecule is CNC(=O)Cn1c(SCC(=O)O)nc2cc(Cl)ccc21. The number of fused-ring (bicyclic) bond motifs is 1. The summed E-state index contributed by atoms with van der Waals surface area (Å²) in [5.74, 6) is -1.24. The number of carbonyl (C=O) groups is 2. The Morgan fingerprint density at radius 1 is 1.50 bits per heavy atom. The number of carboxylic acids is 1. The Morgan fingerprint density at radius 3 is 2.90 bits per heavy atom. The van der Waals surface area contributed by atoms with E-state index in [0.717, 1.165) is 17.3 Å². The zero-order valence-corrected chi connectivity index (χ0v) is 12.2.